The van der Waals surface area contributed by atoms with Crippen LogP contribution in [-0.2, 0) is 20.7 Å². The van der Waals surface area contributed by atoms with Crippen LogP contribution in [0, 0.1) is 0 Å². The molecule has 0 unspecified atom stereocenters. The predicted octanol–water partition coefficient (Wildman–Crippen LogP) is 0.998. The molecule has 1 amide bonds. The summed E-state index contributed by atoms with van der Waals surface area (Å²) in [6.45, 7) is 4.25. The highest BCUT2D eigenvalue weighted by atomic mass is 16.7. The molecule has 1 fully saturated rings. The molecule has 220 valence electrons. The van der Waals surface area contributed by atoms with Crippen LogP contribution in [0.25, 0.3) is 0 Å². The van der Waals surface area contributed by atoms with Crippen molar-refractivity contribution in [1.82, 2.24) is 5.32 Å². The number of nitrogens with one attached hydrogen (secondary N) is 1. The van der Waals surface area contributed by atoms with E-state index in [4.69, 9.17) is 14.2 Å². The first-order chi connectivity index (χ1) is 19.3. The Kier molecular flexibility index (Phi) is 7.33. The molecule has 0 bridgehead atoms. The predicted molar refractivity (Wildman–Crippen MR) is 141 cm³/mol. The van der Waals surface area contributed by atoms with Crippen LogP contribution in [0.1, 0.15) is 82.7 Å². The van der Waals surface area contributed by atoms with Crippen molar-refractivity contribution in [2.24, 2.45) is 0 Å². The third kappa shape index (κ3) is 4.65. The normalized spacial score (nSPS) is 29.7. The van der Waals surface area contributed by atoms with Gasteiger partial charge in [-0.25, -0.2) is 0 Å². The minimum atomic E-state index is -1.85. The molecule has 3 aliphatic rings. The Bertz CT molecular complexity index is 1440. The molecule has 7 atom stereocenters. The van der Waals surface area contributed by atoms with E-state index >= 15 is 0 Å². The Morgan fingerprint density at radius 1 is 1.15 bits per heavy atom. The zero-order chi connectivity index (χ0) is 30.0. The summed E-state index contributed by atoms with van der Waals surface area (Å²) < 4.78 is 17.3. The van der Waals surface area contributed by atoms with Gasteiger partial charge in [-0.15, -0.1) is 0 Å². The second kappa shape index (κ2) is 10.4. The molecule has 1 heterocycles. The summed E-state index contributed by atoms with van der Waals surface area (Å²) >= 11 is 0. The topological polar surface area (TPSA) is 192 Å². The highest BCUT2D eigenvalue weighted by Crippen LogP contribution is 2.52. The fourth-order valence-electron chi connectivity index (χ4n) is 6.11. The minimum Gasteiger partial charge on any atom is -0.507 e. The van der Waals surface area contributed by atoms with Gasteiger partial charge in [-0.3, -0.25) is 14.4 Å². The summed E-state index contributed by atoms with van der Waals surface area (Å²) in [4.78, 5) is 39.0. The van der Waals surface area contributed by atoms with Gasteiger partial charge in [0.15, 0.2) is 12.1 Å². The third-order valence-electron chi connectivity index (χ3n) is 8.29. The maximum Gasteiger partial charge on any atom is 0.217 e. The Morgan fingerprint density at radius 3 is 2.46 bits per heavy atom. The standard InChI is InChI=1S/C29H33NO11/c1-11-24(33)16(30-13(3)32)8-19(40-11)41-18-10-29(38,12(2)31)9-15-21(18)28(37)23-22(26(15)35)25(34)14-6-5-7-17(39-4)20(14)27(23)36/h5-7,11-12,16,18-19,24,31,33,35,37-38H,8-10H2,1-4H3,(H,30,32)/t11-,12+,16-,18+,19-,24+,29+/m1/s1. The number of ether oxygens (including phenoxy) is 3. The van der Waals surface area contributed by atoms with Gasteiger partial charge in [-0.2, -0.15) is 0 Å². The fraction of sp³-hybridized carbons (Fsp3) is 0.483. The number of carbonyl (C=O) groups is 3. The molecule has 12 nitrogen and oxygen atoms in total. The van der Waals surface area contributed by atoms with Crippen LogP contribution >= 0.6 is 0 Å². The van der Waals surface area contributed by atoms with Gasteiger partial charge in [0.25, 0.3) is 0 Å². The number of methoxy groups -OCH3 is 1. The summed E-state index contributed by atoms with van der Waals surface area (Å²) in [5.41, 5.74) is -2.87. The second-order valence-electron chi connectivity index (χ2n) is 11.0. The van der Waals surface area contributed by atoms with Crippen molar-refractivity contribution in [3.63, 3.8) is 0 Å². The van der Waals surface area contributed by atoms with E-state index in [-0.39, 0.29) is 53.2 Å². The molecular formula is C29H33NO11. The highest BCUT2D eigenvalue weighted by molar-refractivity contribution is 6.31. The van der Waals surface area contributed by atoms with Crippen molar-refractivity contribution < 1.29 is 54.1 Å². The minimum absolute atomic E-state index is 0.00367. The lowest BCUT2D eigenvalue weighted by Crippen LogP contribution is -2.55. The lowest BCUT2D eigenvalue weighted by atomic mass is 9.71. The number of rotatable bonds is 5. The van der Waals surface area contributed by atoms with Gasteiger partial charge in [0.2, 0.25) is 11.7 Å². The van der Waals surface area contributed by atoms with E-state index in [1.54, 1.807) is 6.92 Å². The molecule has 1 saturated heterocycles. The number of aliphatic hydroxyl groups is 3. The number of aliphatic hydroxyl groups excluding tert-OH is 2. The number of hydrogen-bond acceptors (Lipinski definition) is 11. The molecule has 0 aromatic heterocycles. The molecule has 2 aliphatic carbocycles. The molecule has 0 spiro atoms. The summed E-state index contributed by atoms with van der Waals surface area (Å²) in [5, 5.41) is 58.0. The molecule has 2 aromatic carbocycles. The van der Waals surface area contributed by atoms with E-state index in [9.17, 15) is 39.9 Å². The van der Waals surface area contributed by atoms with Crippen LogP contribution in [0.4, 0.5) is 0 Å². The largest absolute Gasteiger partial charge is 0.507 e. The van der Waals surface area contributed by atoms with E-state index in [0.717, 1.165) is 0 Å². The van der Waals surface area contributed by atoms with Gasteiger partial charge < -0.3 is 45.1 Å². The zero-order valence-corrected chi connectivity index (χ0v) is 23.0. The third-order valence-corrected chi connectivity index (χ3v) is 8.29. The average Bonchev–Trinajstić information content (AvgIpc) is 2.91. The molecule has 5 rings (SSSR count). The first-order valence-corrected chi connectivity index (χ1v) is 13.3. The molecular weight excluding hydrogens is 538 g/mol. The molecule has 0 saturated carbocycles. The highest BCUT2D eigenvalue weighted by Gasteiger charge is 2.49. The SMILES string of the molecule is COc1cccc2c1C(=O)c1c(O)c3c(c(O)c1C2=O)C[C@@](O)([C@H](C)O)C[C@@H]3O[C@@H]1C[C@@H](NC(C)=O)[C@@H](O)[C@@H](C)O1. The number of aromatic hydroxyl groups is 2. The monoisotopic (exact) mass is 571 g/mol. The van der Waals surface area contributed by atoms with Gasteiger partial charge in [0.05, 0.1) is 53.8 Å². The van der Waals surface area contributed by atoms with E-state index in [2.05, 4.69) is 5.32 Å². The van der Waals surface area contributed by atoms with Gasteiger partial charge in [-0.1, -0.05) is 12.1 Å². The van der Waals surface area contributed by atoms with Gasteiger partial charge >= 0.3 is 0 Å². The van der Waals surface area contributed by atoms with Crippen LogP contribution in [0.2, 0.25) is 0 Å². The van der Waals surface area contributed by atoms with Gasteiger partial charge in [0, 0.05) is 42.9 Å². The number of amides is 1. The van der Waals surface area contributed by atoms with Crippen molar-refractivity contribution in [3.05, 3.63) is 51.6 Å². The molecule has 0 radical (unpaired) electrons. The van der Waals surface area contributed by atoms with Crippen LogP contribution in [-0.4, -0.2) is 86.4 Å². The van der Waals surface area contributed by atoms with Crippen molar-refractivity contribution >= 4 is 17.5 Å². The second-order valence-corrected chi connectivity index (χ2v) is 11.0. The van der Waals surface area contributed by atoms with Crippen molar-refractivity contribution in [2.45, 2.75) is 82.4 Å². The Hall–Kier alpha value is -3.55. The van der Waals surface area contributed by atoms with Crippen molar-refractivity contribution in [2.75, 3.05) is 7.11 Å². The van der Waals surface area contributed by atoms with E-state index in [1.807, 2.05) is 0 Å². The van der Waals surface area contributed by atoms with Crippen LogP contribution in [0.15, 0.2) is 18.2 Å². The van der Waals surface area contributed by atoms with Gasteiger partial charge in [0.1, 0.15) is 23.4 Å². The zero-order valence-electron chi connectivity index (χ0n) is 23.0. The lowest BCUT2D eigenvalue weighted by molar-refractivity contribution is -0.252. The number of carbonyl (C=O) groups excluding carboxylic acids is 3. The number of benzene rings is 2. The molecule has 2 aromatic rings. The molecule has 12 heteroatoms. The number of ketones is 2. The molecule has 1 aliphatic heterocycles. The molecule has 41 heavy (non-hydrogen) atoms. The van der Waals surface area contributed by atoms with Crippen molar-refractivity contribution in [1.29, 1.82) is 0 Å². The quantitative estimate of drug-likeness (QED) is 0.239. The summed E-state index contributed by atoms with van der Waals surface area (Å²) in [5.74, 6) is -2.94. The maximum atomic E-state index is 13.7. The van der Waals surface area contributed by atoms with Crippen LogP contribution in [0.5, 0.6) is 17.2 Å². The van der Waals surface area contributed by atoms with E-state index < -0.39 is 76.5 Å². The Morgan fingerprint density at radius 2 is 1.83 bits per heavy atom. The summed E-state index contributed by atoms with van der Waals surface area (Å²) in [7, 11) is 1.34. The number of hydrogen-bond donors (Lipinski definition) is 6. The van der Waals surface area contributed by atoms with Crippen LogP contribution < -0.4 is 10.1 Å². The number of fused-ring (bicyclic) bond motifs is 3. The van der Waals surface area contributed by atoms with E-state index in [1.165, 1.54) is 39.2 Å². The fourth-order valence-corrected chi connectivity index (χ4v) is 6.11. The lowest BCUT2D eigenvalue weighted by Gasteiger charge is -2.44. The Labute approximate surface area is 235 Å². The van der Waals surface area contributed by atoms with Crippen LogP contribution in [0.3, 0.4) is 0 Å². The van der Waals surface area contributed by atoms with Crippen molar-refractivity contribution in [3.8, 4) is 17.2 Å². The molecule has 6 N–H and O–H groups in total. The number of phenolic OH excluding ortho intramolecular Hbond substituents is 2. The van der Waals surface area contributed by atoms with Gasteiger partial charge in [-0.05, 0) is 19.9 Å². The Balaban J connectivity index is 1.64. The number of phenols is 2. The summed E-state index contributed by atoms with van der Waals surface area (Å²) in [6.07, 6.45) is -6.03. The average molecular weight is 572 g/mol. The summed E-state index contributed by atoms with van der Waals surface area (Å²) in [6, 6.07) is 3.71. The maximum absolute atomic E-state index is 13.7. The first-order valence-electron chi connectivity index (χ1n) is 13.3. The first kappa shape index (κ1) is 29.0. The smallest absolute Gasteiger partial charge is 0.217 e. The van der Waals surface area contributed by atoms with E-state index in [0.29, 0.717) is 0 Å².